The molecule has 1 N–H and O–H groups in total. The van der Waals surface area contributed by atoms with Crippen LogP contribution in [0.3, 0.4) is 0 Å². The largest absolute Gasteiger partial charge is 0.383 e. The van der Waals surface area contributed by atoms with Gasteiger partial charge in [0.25, 0.3) is 9.05 Å². The van der Waals surface area contributed by atoms with Crippen LogP contribution < -0.4 is 4.72 Å². The fraction of sp³-hybridized carbons (Fsp3) is 0.500. The van der Waals surface area contributed by atoms with Crippen molar-refractivity contribution in [3.8, 4) is 0 Å². The predicted molar refractivity (Wildman–Crippen MR) is 80.3 cm³/mol. The Bertz CT molecular complexity index is 685. The Morgan fingerprint density at radius 2 is 1.76 bits per heavy atom. The summed E-state index contributed by atoms with van der Waals surface area (Å²) in [6, 6.07) is 4.46. The van der Waals surface area contributed by atoms with Crippen molar-refractivity contribution in [2.75, 3.05) is 13.7 Å². The zero-order valence-corrected chi connectivity index (χ0v) is 14.3. The van der Waals surface area contributed by atoms with Gasteiger partial charge in [0.1, 0.15) is 0 Å². The number of hydrogen-bond acceptors (Lipinski definition) is 5. The molecule has 0 heterocycles. The highest BCUT2D eigenvalue weighted by molar-refractivity contribution is 8.13. The molecule has 1 aromatic rings. The SMILES string of the molecule is COCC(NS(=O)(=O)c1cccc(S(=O)(=O)Cl)c1)C(C)C. The summed E-state index contributed by atoms with van der Waals surface area (Å²) in [7, 11) is -1.15. The van der Waals surface area contributed by atoms with Crippen molar-refractivity contribution in [1.82, 2.24) is 4.72 Å². The van der Waals surface area contributed by atoms with E-state index in [0.29, 0.717) is 0 Å². The summed E-state index contributed by atoms with van der Waals surface area (Å²) < 4.78 is 54.6. The Hall–Kier alpha value is -0.670. The molecule has 0 saturated carbocycles. The van der Waals surface area contributed by atoms with Crippen LogP contribution in [0.5, 0.6) is 0 Å². The van der Waals surface area contributed by atoms with Crippen molar-refractivity contribution >= 4 is 29.8 Å². The molecule has 1 unspecified atom stereocenters. The molecule has 0 saturated heterocycles. The van der Waals surface area contributed by atoms with E-state index in [4.69, 9.17) is 15.4 Å². The molecule has 0 fully saturated rings. The molecular formula is C12H18ClNO5S2. The van der Waals surface area contributed by atoms with Gasteiger partial charge >= 0.3 is 0 Å². The first-order chi connectivity index (χ1) is 9.58. The van der Waals surface area contributed by atoms with Crippen molar-refractivity contribution in [2.45, 2.75) is 29.7 Å². The lowest BCUT2D eigenvalue weighted by atomic mass is 10.1. The average Bonchev–Trinajstić information content (AvgIpc) is 2.37. The number of benzene rings is 1. The summed E-state index contributed by atoms with van der Waals surface area (Å²) in [6.45, 7) is 3.92. The zero-order chi connectivity index (χ0) is 16.3. The molecule has 6 nitrogen and oxygen atoms in total. The predicted octanol–water partition coefficient (Wildman–Crippen LogP) is 1.56. The van der Waals surface area contributed by atoms with Gasteiger partial charge < -0.3 is 4.74 Å². The van der Waals surface area contributed by atoms with E-state index in [-0.39, 0.29) is 22.3 Å². The minimum Gasteiger partial charge on any atom is -0.383 e. The van der Waals surface area contributed by atoms with Crippen LogP contribution >= 0.6 is 10.7 Å². The van der Waals surface area contributed by atoms with E-state index in [1.54, 1.807) is 0 Å². The fourth-order valence-corrected chi connectivity index (χ4v) is 3.89. The van der Waals surface area contributed by atoms with E-state index in [2.05, 4.69) is 4.72 Å². The van der Waals surface area contributed by atoms with E-state index in [1.165, 1.54) is 25.3 Å². The first-order valence-electron chi connectivity index (χ1n) is 6.14. The lowest BCUT2D eigenvalue weighted by Gasteiger charge is -2.21. The summed E-state index contributed by atoms with van der Waals surface area (Å²) in [4.78, 5) is -0.425. The van der Waals surface area contributed by atoms with Gasteiger partial charge in [0.05, 0.1) is 16.4 Å². The third kappa shape index (κ3) is 5.23. The summed E-state index contributed by atoms with van der Waals surface area (Å²) in [5.74, 6) is 0.0136. The lowest BCUT2D eigenvalue weighted by molar-refractivity contribution is 0.157. The summed E-state index contributed by atoms with van der Waals surface area (Å²) in [5.41, 5.74) is 0. The van der Waals surface area contributed by atoms with Crippen molar-refractivity contribution in [1.29, 1.82) is 0 Å². The highest BCUT2D eigenvalue weighted by Gasteiger charge is 2.23. The molecule has 0 radical (unpaired) electrons. The van der Waals surface area contributed by atoms with E-state index < -0.39 is 25.1 Å². The smallest absolute Gasteiger partial charge is 0.261 e. The molecule has 0 aliphatic rings. The normalized spacial score (nSPS) is 14.3. The molecule has 1 aromatic carbocycles. The molecule has 0 aliphatic carbocycles. The molecule has 0 spiro atoms. The van der Waals surface area contributed by atoms with Crippen molar-refractivity contribution in [3.05, 3.63) is 24.3 Å². The summed E-state index contributed by atoms with van der Waals surface area (Å²) in [5, 5.41) is 0. The van der Waals surface area contributed by atoms with Crippen LogP contribution in [0.15, 0.2) is 34.1 Å². The standard InChI is InChI=1S/C12H18ClNO5S2/c1-9(2)12(8-19-3)14-21(17,18)11-6-4-5-10(7-11)20(13,15)16/h4-7,9,12,14H,8H2,1-3H3. The van der Waals surface area contributed by atoms with Gasteiger partial charge in [0.2, 0.25) is 10.0 Å². The second-order valence-corrected chi connectivity index (χ2v) is 9.12. The molecule has 0 aliphatic heterocycles. The van der Waals surface area contributed by atoms with Gasteiger partial charge in [-0.05, 0) is 24.1 Å². The highest BCUT2D eigenvalue weighted by Crippen LogP contribution is 2.19. The number of methoxy groups -OCH3 is 1. The monoisotopic (exact) mass is 355 g/mol. The van der Waals surface area contributed by atoms with Gasteiger partial charge in [-0.25, -0.2) is 21.6 Å². The Kier molecular flexibility index (Phi) is 6.18. The molecule has 1 rings (SSSR count). The Labute approximate surface area is 129 Å². The molecule has 0 amide bonds. The number of nitrogens with one attached hydrogen (secondary N) is 1. The number of ether oxygens (including phenoxy) is 1. The maximum Gasteiger partial charge on any atom is 0.261 e. The fourth-order valence-electron chi connectivity index (χ4n) is 1.60. The number of sulfonamides is 1. The van der Waals surface area contributed by atoms with E-state index in [1.807, 2.05) is 13.8 Å². The van der Waals surface area contributed by atoms with Crippen LogP contribution in [0.4, 0.5) is 0 Å². The van der Waals surface area contributed by atoms with Crippen LogP contribution in [-0.2, 0) is 23.8 Å². The Morgan fingerprint density at radius 1 is 1.19 bits per heavy atom. The Morgan fingerprint density at radius 3 is 2.24 bits per heavy atom. The van der Waals surface area contributed by atoms with Crippen LogP contribution in [0.25, 0.3) is 0 Å². The molecule has 0 aromatic heterocycles. The third-order valence-corrected chi connectivity index (χ3v) is 5.69. The first-order valence-corrected chi connectivity index (χ1v) is 9.93. The van der Waals surface area contributed by atoms with Gasteiger partial charge in [0.15, 0.2) is 0 Å². The zero-order valence-electron chi connectivity index (χ0n) is 11.9. The van der Waals surface area contributed by atoms with Crippen molar-refractivity contribution in [3.63, 3.8) is 0 Å². The van der Waals surface area contributed by atoms with E-state index >= 15 is 0 Å². The van der Waals surface area contributed by atoms with E-state index in [0.717, 1.165) is 6.07 Å². The van der Waals surface area contributed by atoms with Crippen molar-refractivity contribution in [2.24, 2.45) is 5.92 Å². The quantitative estimate of drug-likeness (QED) is 0.750. The Balaban J connectivity index is 3.14. The molecule has 1 atom stereocenters. The topological polar surface area (TPSA) is 89.5 Å². The van der Waals surface area contributed by atoms with Crippen LogP contribution in [0.2, 0.25) is 0 Å². The molecule has 0 bridgehead atoms. The summed E-state index contributed by atoms with van der Waals surface area (Å²) >= 11 is 0. The minimum atomic E-state index is -3.99. The van der Waals surface area contributed by atoms with Crippen LogP contribution in [0.1, 0.15) is 13.8 Å². The molecule has 9 heteroatoms. The maximum atomic E-state index is 12.3. The van der Waals surface area contributed by atoms with Gasteiger partial charge in [0, 0.05) is 23.8 Å². The minimum absolute atomic E-state index is 0.0136. The van der Waals surface area contributed by atoms with Gasteiger partial charge in [-0.3, -0.25) is 0 Å². The average molecular weight is 356 g/mol. The van der Waals surface area contributed by atoms with Gasteiger partial charge in [-0.1, -0.05) is 19.9 Å². The second kappa shape index (κ2) is 7.06. The van der Waals surface area contributed by atoms with E-state index in [9.17, 15) is 16.8 Å². The van der Waals surface area contributed by atoms with Crippen LogP contribution in [-0.4, -0.2) is 36.6 Å². The number of rotatable bonds is 7. The second-order valence-electron chi connectivity index (χ2n) is 4.84. The molecule has 120 valence electrons. The maximum absolute atomic E-state index is 12.3. The highest BCUT2D eigenvalue weighted by atomic mass is 35.7. The first kappa shape index (κ1) is 18.4. The van der Waals surface area contributed by atoms with Crippen molar-refractivity contribution < 1.29 is 21.6 Å². The van der Waals surface area contributed by atoms with Crippen LogP contribution in [0, 0.1) is 5.92 Å². The summed E-state index contributed by atoms with van der Waals surface area (Å²) in [6.07, 6.45) is 0. The number of halogens is 1. The third-order valence-electron chi connectivity index (χ3n) is 2.85. The number of hydrogen-bond donors (Lipinski definition) is 1. The van der Waals surface area contributed by atoms with Gasteiger partial charge in [-0.2, -0.15) is 0 Å². The molecule has 21 heavy (non-hydrogen) atoms. The molecular weight excluding hydrogens is 338 g/mol. The van der Waals surface area contributed by atoms with Gasteiger partial charge in [-0.15, -0.1) is 0 Å². The lowest BCUT2D eigenvalue weighted by Crippen LogP contribution is -2.41.